The van der Waals surface area contributed by atoms with Crippen molar-refractivity contribution in [3.05, 3.63) is 12.4 Å². The molecular formula is C8H15N5O. The van der Waals surface area contributed by atoms with Gasteiger partial charge in [-0.3, -0.25) is 0 Å². The van der Waals surface area contributed by atoms with Crippen LogP contribution in [0.5, 0.6) is 0 Å². The number of nitrogen functional groups attached to an aromatic ring is 1. The molecule has 0 aliphatic carbocycles. The number of aromatic nitrogens is 2. The van der Waals surface area contributed by atoms with Gasteiger partial charge in [0.25, 0.3) is 0 Å². The van der Waals surface area contributed by atoms with Gasteiger partial charge in [0, 0.05) is 12.6 Å². The quantitative estimate of drug-likeness (QED) is 0.390. The summed E-state index contributed by atoms with van der Waals surface area (Å²) in [6, 6.07) is 1.70. The second-order valence-corrected chi connectivity index (χ2v) is 3.00. The number of hydrogen-bond donors (Lipinski definition) is 4. The lowest BCUT2D eigenvalue weighted by molar-refractivity contribution is 0.188. The van der Waals surface area contributed by atoms with E-state index in [1.165, 1.54) is 6.33 Å². The molecular weight excluding hydrogens is 182 g/mol. The summed E-state index contributed by atoms with van der Waals surface area (Å²) in [5.41, 5.74) is 2.43. The minimum absolute atomic E-state index is 0.309. The molecule has 0 fully saturated rings. The summed E-state index contributed by atoms with van der Waals surface area (Å²) in [5, 5.41) is 12.1. The van der Waals surface area contributed by atoms with Crippen molar-refractivity contribution >= 4 is 11.6 Å². The zero-order chi connectivity index (χ0) is 10.4. The van der Waals surface area contributed by atoms with Crippen LogP contribution in [0.4, 0.5) is 11.6 Å². The fourth-order valence-electron chi connectivity index (χ4n) is 0.942. The lowest BCUT2D eigenvalue weighted by Crippen LogP contribution is -2.12. The van der Waals surface area contributed by atoms with Crippen LogP contribution in [0.3, 0.4) is 0 Å². The van der Waals surface area contributed by atoms with Crippen LogP contribution in [-0.4, -0.2) is 27.7 Å². The summed E-state index contributed by atoms with van der Waals surface area (Å²) in [5.74, 6) is 6.43. The van der Waals surface area contributed by atoms with Crippen molar-refractivity contribution < 1.29 is 5.11 Å². The van der Waals surface area contributed by atoms with E-state index in [-0.39, 0.29) is 6.10 Å². The summed E-state index contributed by atoms with van der Waals surface area (Å²) >= 11 is 0. The summed E-state index contributed by atoms with van der Waals surface area (Å²) in [4.78, 5) is 7.85. The van der Waals surface area contributed by atoms with E-state index < -0.39 is 0 Å². The molecule has 0 radical (unpaired) electrons. The van der Waals surface area contributed by atoms with Crippen LogP contribution in [0.2, 0.25) is 0 Å². The summed E-state index contributed by atoms with van der Waals surface area (Å²) in [6.07, 6.45) is 1.78. The maximum Gasteiger partial charge on any atom is 0.145 e. The second-order valence-electron chi connectivity index (χ2n) is 3.00. The number of aliphatic hydroxyl groups is 1. The largest absolute Gasteiger partial charge is 0.393 e. The fourth-order valence-corrected chi connectivity index (χ4v) is 0.942. The van der Waals surface area contributed by atoms with Crippen molar-refractivity contribution in [1.29, 1.82) is 0 Å². The monoisotopic (exact) mass is 197 g/mol. The molecule has 0 aliphatic rings. The Bertz CT molecular complexity index is 278. The van der Waals surface area contributed by atoms with Crippen LogP contribution >= 0.6 is 0 Å². The van der Waals surface area contributed by atoms with E-state index in [0.717, 1.165) is 0 Å². The van der Waals surface area contributed by atoms with Gasteiger partial charge in [-0.2, -0.15) is 0 Å². The number of nitrogens with two attached hydrogens (primary N) is 1. The van der Waals surface area contributed by atoms with E-state index in [2.05, 4.69) is 20.7 Å². The third-order valence-electron chi connectivity index (χ3n) is 1.68. The molecule has 1 unspecified atom stereocenters. The Morgan fingerprint density at radius 3 is 2.86 bits per heavy atom. The number of nitrogens with zero attached hydrogens (tertiary/aromatic N) is 2. The lowest BCUT2D eigenvalue weighted by Gasteiger charge is -2.07. The van der Waals surface area contributed by atoms with Crippen molar-refractivity contribution in [3.8, 4) is 0 Å². The van der Waals surface area contributed by atoms with Crippen LogP contribution in [0.1, 0.15) is 13.3 Å². The molecule has 0 bridgehead atoms. The first-order valence-electron chi connectivity index (χ1n) is 4.43. The average Bonchev–Trinajstić information content (AvgIpc) is 2.18. The number of hydrogen-bond acceptors (Lipinski definition) is 6. The van der Waals surface area contributed by atoms with Gasteiger partial charge in [0.2, 0.25) is 0 Å². The Balaban J connectivity index is 2.42. The zero-order valence-corrected chi connectivity index (χ0v) is 8.07. The molecule has 1 aromatic rings. The summed E-state index contributed by atoms with van der Waals surface area (Å²) < 4.78 is 0. The van der Waals surface area contributed by atoms with Crippen molar-refractivity contribution in [2.24, 2.45) is 5.84 Å². The molecule has 1 aromatic heterocycles. The van der Waals surface area contributed by atoms with Crippen LogP contribution < -0.4 is 16.6 Å². The van der Waals surface area contributed by atoms with Gasteiger partial charge in [-0.25, -0.2) is 15.8 Å². The average molecular weight is 197 g/mol. The third kappa shape index (κ3) is 3.55. The lowest BCUT2D eigenvalue weighted by atomic mass is 10.3. The Kier molecular flexibility index (Phi) is 4.09. The van der Waals surface area contributed by atoms with Gasteiger partial charge in [-0.15, -0.1) is 0 Å². The van der Waals surface area contributed by atoms with Crippen molar-refractivity contribution in [1.82, 2.24) is 9.97 Å². The molecule has 0 saturated heterocycles. The van der Waals surface area contributed by atoms with Crippen LogP contribution in [-0.2, 0) is 0 Å². The van der Waals surface area contributed by atoms with E-state index in [1.54, 1.807) is 13.0 Å². The van der Waals surface area contributed by atoms with Gasteiger partial charge in [0.05, 0.1) is 6.10 Å². The van der Waals surface area contributed by atoms with Crippen molar-refractivity contribution in [3.63, 3.8) is 0 Å². The predicted octanol–water partition coefficient (Wildman–Crippen LogP) is -0.0550. The SMILES string of the molecule is CC(O)CCNc1cc(NN)ncn1. The number of rotatable bonds is 5. The normalized spacial score (nSPS) is 12.2. The smallest absolute Gasteiger partial charge is 0.145 e. The number of nitrogens with one attached hydrogen (secondary N) is 2. The molecule has 0 saturated carbocycles. The molecule has 0 aromatic carbocycles. The minimum Gasteiger partial charge on any atom is -0.393 e. The third-order valence-corrected chi connectivity index (χ3v) is 1.68. The highest BCUT2D eigenvalue weighted by atomic mass is 16.3. The predicted molar refractivity (Wildman–Crippen MR) is 54.6 cm³/mol. The van der Waals surface area contributed by atoms with Gasteiger partial charge >= 0.3 is 0 Å². The van der Waals surface area contributed by atoms with Gasteiger partial charge < -0.3 is 15.8 Å². The van der Waals surface area contributed by atoms with Crippen LogP contribution in [0.15, 0.2) is 12.4 Å². The zero-order valence-electron chi connectivity index (χ0n) is 8.07. The Morgan fingerprint density at radius 2 is 2.21 bits per heavy atom. The fraction of sp³-hybridized carbons (Fsp3) is 0.500. The second kappa shape index (κ2) is 5.36. The highest BCUT2D eigenvalue weighted by Crippen LogP contribution is 2.06. The molecule has 6 heteroatoms. The van der Waals surface area contributed by atoms with Gasteiger partial charge in [0.1, 0.15) is 18.0 Å². The Hall–Kier alpha value is -1.40. The Labute approximate surface area is 82.5 Å². The summed E-state index contributed by atoms with van der Waals surface area (Å²) in [6.45, 7) is 2.41. The van der Waals surface area contributed by atoms with Crippen molar-refractivity contribution in [2.75, 3.05) is 17.3 Å². The first-order chi connectivity index (χ1) is 6.72. The Morgan fingerprint density at radius 1 is 1.50 bits per heavy atom. The molecule has 0 aliphatic heterocycles. The van der Waals surface area contributed by atoms with Crippen LogP contribution in [0.25, 0.3) is 0 Å². The molecule has 78 valence electrons. The number of aliphatic hydroxyl groups excluding tert-OH is 1. The molecule has 1 heterocycles. The standard InChI is InChI=1S/C8H15N5O/c1-6(14)2-3-10-7-4-8(13-9)12-5-11-7/h4-6,14H,2-3,9H2,1H3,(H2,10,11,12,13). The van der Waals surface area contributed by atoms with E-state index >= 15 is 0 Å². The van der Waals surface area contributed by atoms with Crippen molar-refractivity contribution in [2.45, 2.75) is 19.4 Å². The first-order valence-corrected chi connectivity index (χ1v) is 4.43. The molecule has 14 heavy (non-hydrogen) atoms. The van der Waals surface area contributed by atoms with Gasteiger partial charge in [-0.1, -0.05) is 0 Å². The maximum absolute atomic E-state index is 9.03. The molecule has 1 atom stereocenters. The minimum atomic E-state index is -0.309. The number of hydrazine groups is 1. The highest BCUT2D eigenvalue weighted by molar-refractivity contribution is 5.45. The molecule has 0 spiro atoms. The van der Waals surface area contributed by atoms with Gasteiger partial charge in [-0.05, 0) is 13.3 Å². The first kappa shape index (κ1) is 10.7. The van der Waals surface area contributed by atoms with Crippen LogP contribution in [0, 0.1) is 0 Å². The highest BCUT2D eigenvalue weighted by Gasteiger charge is 1.98. The maximum atomic E-state index is 9.03. The van der Waals surface area contributed by atoms with Gasteiger partial charge in [0.15, 0.2) is 0 Å². The van der Waals surface area contributed by atoms with E-state index in [1.807, 2.05) is 0 Å². The molecule has 6 nitrogen and oxygen atoms in total. The van der Waals surface area contributed by atoms with E-state index in [4.69, 9.17) is 10.9 Å². The van der Waals surface area contributed by atoms with E-state index in [0.29, 0.717) is 24.6 Å². The molecule has 0 amide bonds. The molecule has 1 rings (SSSR count). The molecule has 5 N–H and O–H groups in total. The van der Waals surface area contributed by atoms with E-state index in [9.17, 15) is 0 Å². The topological polar surface area (TPSA) is 96.1 Å². The summed E-state index contributed by atoms with van der Waals surface area (Å²) in [7, 11) is 0. The number of anilines is 2.